The number of rotatable bonds is 3. The van der Waals surface area contributed by atoms with Crippen molar-refractivity contribution in [1.82, 2.24) is 9.55 Å². The van der Waals surface area contributed by atoms with Gasteiger partial charge in [-0.05, 0) is 66.2 Å². The summed E-state index contributed by atoms with van der Waals surface area (Å²) >= 11 is 6.05. The van der Waals surface area contributed by atoms with E-state index in [1.165, 1.54) is 0 Å². The van der Waals surface area contributed by atoms with Crippen molar-refractivity contribution < 1.29 is 4.74 Å². The van der Waals surface area contributed by atoms with Gasteiger partial charge in [0.25, 0.3) is 0 Å². The molecule has 0 bridgehead atoms. The predicted octanol–water partition coefficient (Wildman–Crippen LogP) is 5.35. The number of nitrogens with zero attached hydrogens (tertiary/aromatic N) is 2. The lowest BCUT2D eigenvalue weighted by molar-refractivity contribution is 0.415. The zero-order valence-corrected chi connectivity index (χ0v) is 13.9. The lowest BCUT2D eigenvalue weighted by Gasteiger charge is -2.11. The van der Waals surface area contributed by atoms with E-state index in [1.54, 1.807) is 7.11 Å². The highest BCUT2D eigenvalue weighted by Crippen LogP contribution is 2.32. The fourth-order valence-corrected chi connectivity index (χ4v) is 3.02. The van der Waals surface area contributed by atoms with Crippen LogP contribution in [0, 0.1) is 0 Å². The van der Waals surface area contributed by atoms with E-state index in [0.29, 0.717) is 0 Å². The molecule has 4 heteroatoms. The molecular weight excluding hydrogens is 320 g/mol. The van der Waals surface area contributed by atoms with Crippen LogP contribution in [-0.2, 0) is 0 Å². The van der Waals surface area contributed by atoms with Crippen LogP contribution in [0.25, 0.3) is 27.8 Å². The van der Waals surface area contributed by atoms with Gasteiger partial charge >= 0.3 is 0 Å². The van der Waals surface area contributed by atoms with Crippen molar-refractivity contribution in [2.24, 2.45) is 0 Å². The largest absolute Gasteiger partial charge is 0.497 e. The van der Waals surface area contributed by atoms with Crippen LogP contribution in [0.15, 0.2) is 73.1 Å². The number of hydrogen-bond acceptors (Lipinski definition) is 2. The predicted molar refractivity (Wildman–Crippen MR) is 98.1 cm³/mol. The molecule has 0 atom stereocenters. The summed E-state index contributed by atoms with van der Waals surface area (Å²) in [7, 11) is 1.67. The van der Waals surface area contributed by atoms with E-state index in [2.05, 4.69) is 27.8 Å². The summed E-state index contributed by atoms with van der Waals surface area (Å²) in [5.74, 6) is 0.842. The van der Waals surface area contributed by atoms with E-state index in [4.69, 9.17) is 16.3 Å². The van der Waals surface area contributed by atoms with Crippen LogP contribution in [0.5, 0.6) is 5.75 Å². The molecule has 0 aliphatic carbocycles. The van der Waals surface area contributed by atoms with E-state index in [-0.39, 0.29) is 0 Å². The minimum Gasteiger partial charge on any atom is -0.497 e. The first-order chi connectivity index (χ1) is 11.8. The first kappa shape index (κ1) is 14.8. The third kappa shape index (κ3) is 2.53. The van der Waals surface area contributed by atoms with Gasteiger partial charge in [0.15, 0.2) is 0 Å². The molecule has 0 fully saturated rings. The lowest BCUT2D eigenvalue weighted by atomic mass is 10.1. The fourth-order valence-electron chi connectivity index (χ4n) is 2.89. The smallest absolute Gasteiger partial charge is 0.118 e. The first-order valence-electron chi connectivity index (χ1n) is 7.62. The molecule has 0 saturated carbocycles. The molecule has 0 unspecified atom stereocenters. The van der Waals surface area contributed by atoms with Gasteiger partial charge in [0.2, 0.25) is 0 Å². The average Bonchev–Trinajstić information content (AvgIpc) is 3.02. The molecule has 2 aromatic heterocycles. The number of fused-ring (bicyclic) bond motifs is 1. The maximum atomic E-state index is 6.05. The second kappa shape index (κ2) is 6.02. The monoisotopic (exact) mass is 334 g/mol. The van der Waals surface area contributed by atoms with Crippen LogP contribution in [0.3, 0.4) is 0 Å². The molecule has 0 saturated heterocycles. The van der Waals surface area contributed by atoms with Crippen LogP contribution >= 0.6 is 11.6 Å². The summed E-state index contributed by atoms with van der Waals surface area (Å²) < 4.78 is 7.46. The van der Waals surface area contributed by atoms with Crippen LogP contribution in [0.4, 0.5) is 0 Å². The van der Waals surface area contributed by atoms with E-state index in [9.17, 15) is 0 Å². The summed E-state index contributed by atoms with van der Waals surface area (Å²) in [5.41, 5.74) is 4.32. The molecule has 0 radical (unpaired) electrons. The molecule has 4 aromatic rings. The highest BCUT2D eigenvalue weighted by atomic mass is 35.5. The van der Waals surface area contributed by atoms with Crippen molar-refractivity contribution in [3.8, 4) is 22.7 Å². The van der Waals surface area contributed by atoms with E-state index < -0.39 is 0 Å². The van der Waals surface area contributed by atoms with E-state index in [0.717, 1.165) is 38.6 Å². The number of hydrogen-bond donors (Lipinski definition) is 0. The first-order valence-corrected chi connectivity index (χ1v) is 8.00. The van der Waals surface area contributed by atoms with Gasteiger partial charge in [-0.3, -0.25) is 4.98 Å². The zero-order chi connectivity index (χ0) is 16.5. The lowest BCUT2D eigenvalue weighted by Crippen LogP contribution is -1.96. The van der Waals surface area contributed by atoms with Gasteiger partial charge in [-0.1, -0.05) is 11.6 Å². The molecule has 0 aliphatic heterocycles. The van der Waals surface area contributed by atoms with Crippen LogP contribution in [0.1, 0.15) is 0 Å². The van der Waals surface area contributed by atoms with Crippen molar-refractivity contribution in [3.63, 3.8) is 0 Å². The number of methoxy groups -OCH3 is 1. The summed E-state index contributed by atoms with van der Waals surface area (Å²) in [6.45, 7) is 0. The van der Waals surface area contributed by atoms with Gasteiger partial charge < -0.3 is 9.30 Å². The van der Waals surface area contributed by atoms with Crippen molar-refractivity contribution in [1.29, 1.82) is 0 Å². The number of aromatic nitrogens is 2. The van der Waals surface area contributed by atoms with E-state index >= 15 is 0 Å². The molecule has 4 rings (SSSR count). The summed E-state index contributed by atoms with van der Waals surface area (Å²) in [4.78, 5) is 4.28. The van der Waals surface area contributed by atoms with Gasteiger partial charge in [0.1, 0.15) is 5.75 Å². The Hall–Kier alpha value is -2.78. The van der Waals surface area contributed by atoms with Gasteiger partial charge in [-0.2, -0.15) is 0 Å². The molecular formula is C20H15ClN2O. The zero-order valence-electron chi connectivity index (χ0n) is 13.1. The normalized spacial score (nSPS) is 10.9. The Labute approximate surface area is 145 Å². The van der Waals surface area contributed by atoms with Gasteiger partial charge in [0, 0.05) is 22.3 Å². The average molecular weight is 335 g/mol. The van der Waals surface area contributed by atoms with Crippen molar-refractivity contribution >= 4 is 22.5 Å². The summed E-state index contributed by atoms with van der Waals surface area (Å²) in [5, 5.41) is 1.87. The van der Waals surface area contributed by atoms with Crippen molar-refractivity contribution in [3.05, 3.63) is 78.1 Å². The molecule has 2 aromatic carbocycles. The second-order valence-electron chi connectivity index (χ2n) is 5.50. The third-order valence-electron chi connectivity index (χ3n) is 4.08. The molecule has 3 nitrogen and oxygen atoms in total. The molecule has 24 heavy (non-hydrogen) atoms. The topological polar surface area (TPSA) is 27.1 Å². The van der Waals surface area contributed by atoms with Gasteiger partial charge in [-0.25, -0.2) is 0 Å². The maximum absolute atomic E-state index is 6.05. The molecule has 2 heterocycles. The Bertz CT molecular complexity index is 989. The number of benzene rings is 2. The molecule has 0 amide bonds. The molecule has 0 N–H and O–H groups in total. The minimum atomic E-state index is 0.722. The second-order valence-corrected chi connectivity index (χ2v) is 5.94. The highest BCUT2D eigenvalue weighted by molar-refractivity contribution is 6.30. The number of pyridine rings is 1. The fraction of sp³-hybridized carbons (Fsp3) is 0.0500. The SMILES string of the molecule is COc1ccc(-c2cc3ccncc3n2-c2ccc(Cl)cc2)cc1. The Morgan fingerprint density at radius 2 is 1.71 bits per heavy atom. The van der Waals surface area contributed by atoms with Crippen LogP contribution in [-0.4, -0.2) is 16.7 Å². The van der Waals surface area contributed by atoms with Crippen LogP contribution < -0.4 is 4.74 Å². The minimum absolute atomic E-state index is 0.722. The summed E-state index contributed by atoms with van der Waals surface area (Å²) in [6, 6.07) is 20.1. The quantitative estimate of drug-likeness (QED) is 0.504. The van der Waals surface area contributed by atoms with E-state index in [1.807, 2.05) is 54.9 Å². The Balaban J connectivity index is 1.97. The van der Waals surface area contributed by atoms with Gasteiger partial charge in [-0.15, -0.1) is 0 Å². The Kier molecular flexibility index (Phi) is 3.71. The van der Waals surface area contributed by atoms with Crippen molar-refractivity contribution in [2.45, 2.75) is 0 Å². The molecule has 0 aliphatic rings. The van der Waals surface area contributed by atoms with Crippen LogP contribution in [0.2, 0.25) is 5.02 Å². The molecule has 0 spiro atoms. The molecule has 118 valence electrons. The number of ether oxygens (including phenoxy) is 1. The van der Waals surface area contributed by atoms with Crippen molar-refractivity contribution in [2.75, 3.05) is 7.11 Å². The standard InChI is InChI=1S/C20H15ClN2O/c1-24-18-8-2-14(3-9-18)19-12-15-10-11-22-13-20(15)23(19)17-6-4-16(21)5-7-17/h2-13H,1H3. The summed E-state index contributed by atoms with van der Waals surface area (Å²) in [6.07, 6.45) is 3.70. The van der Waals surface area contributed by atoms with Gasteiger partial charge in [0.05, 0.1) is 24.5 Å². The highest BCUT2D eigenvalue weighted by Gasteiger charge is 2.12. The third-order valence-corrected chi connectivity index (χ3v) is 4.33. The Morgan fingerprint density at radius 3 is 2.42 bits per heavy atom. The number of halogens is 1. The Morgan fingerprint density at radius 1 is 0.958 bits per heavy atom. The maximum Gasteiger partial charge on any atom is 0.118 e.